The van der Waals surface area contributed by atoms with Crippen molar-refractivity contribution in [3.8, 4) is 11.5 Å². The summed E-state index contributed by atoms with van der Waals surface area (Å²) in [5, 5.41) is 3.10. The van der Waals surface area contributed by atoms with E-state index >= 15 is 0 Å². The molecule has 1 amide bonds. The molecule has 1 fully saturated rings. The molecule has 3 N–H and O–H groups in total. The highest BCUT2D eigenvalue weighted by Gasteiger charge is 2.28. The van der Waals surface area contributed by atoms with E-state index in [2.05, 4.69) is 19.2 Å². The first-order valence-corrected chi connectivity index (χ1v) is 9.27. The highest BCUT2D eigenvalue weighted by molar-refractivity contribution is 5.85. The SMILES string of the molecule is COc1cc(C(C)NC(=O)C2CCC(N)C2)ccc1OCCC(C)C.Cl. The minimum atomic E-state index is -0.0806. The lowest BCUT2D eigenvalue weighted by Crippen LogP contribution is -2.32. The molecule has 1 aliphatic rings. The molecular formula is C20H33ClN2O3. The third kappa shape index (κ3) is 6.36. The van der Waals surface area contributed by atoms with Crippen molar-refractivity contribution in [2.75, 3.05) is 13.7 Å². The molecule has 6 heteroatoms. The standard InChI is InChI=1S/C20H32N2O3.ClH/c1-13(2)9-10-25-18-8-6-15(12-19(18)24-4)14(3)22-20(23)16-5-7-17(21)11-16;/h6,8,12-14,16-17H,5,7,9-11,21H2,1-4H3,(H,22,23);1H. The normalized spacial score (nSPS) is 20.4. The zero-order chi connectivity index (χ0) is 18.4. The molecule has 0 aliphatic heterocycles. The van der Waals surface area contributed by atoms with Crippen molar-refractivity contribution in [3.05, 3.63) is 23.8 Å². The highest BCUT2D eigenvalue weighted by atomic mass is 35.5. The number of hydrogen-bond acceptors (Lipinski definition) is 4. The predicted octanol–water partition coefficient (Wildman–Crippen LogP) is 3.85. The zero-order valence-corrected chi connectivity index (χ0v) is 17.1. The van der Waals surface area contributed by atoms with E-state index in [4.69, 9.17) is 15.2 Å². The molecule has 1 saturated carbocycles. The smallest absolute Gasteiger partial charge is 0.223 e. The van der Waals surface area contributed by atoms with Gasteiger partial charge in [-0.1, -0.05) is 19.9 Å². The van der Waals surface area contributed by atoms with Crippen LogP contribution in [0.3, 0.4) is 0 Å². The van der Waals surface area contributed by atoms with Gasteiger partial charge in [0.2, 0.25) is 5.91 Å². The maximum Gasteiger partial charge on any atom is 0.223 e. The Labute approximate surface area is 163 Å². The Morgan fingerprint density at radius 3 is 2.58 bits per heavy atom. The van der Waals surface area contributed by atoms with Crippen LogP contribution in [0.15, 0.2) is 18.2 Å². The summed E-state index contributed by atoms with van der Waals surface area (Å²) in [4.78, 5) is 12.4. The van der Waals surface area contributed by atoms with E-state index < -0.39 is 0 Å². The van der Waals surface area contributed by atoms with E-state index in [9.17, 15) is 4.79 Å². The van der Waals surface area contributed by atoms with Gasteiger partial charge in [-0.25, -0.2) is 0 Å². The maximum absolute atomic E-state index is 12.4. The van der Waals surface area contributed by atoms with Crippen LogP contribution in [0.4, 0.5) is 0 Å². The molecule has 3 atom stereocenters. The third-order valence-electron chi connectivity index (χ3n) is 4.84. The molecule has 0 bridgehead atoms. The molecule has 5 nitrogen and oxygen atoms in total. The van der Waals surface area contributed by atoms with Crippen molar-refractivity contribution in [2.24, 2.45) is 17.6 Å². The first-order chi connectivity index (χ1) is 11.9. The molecular weight excluding hydrogens is 352 g/mol. The Balaban J connectivity index is 0.00000338. The van der Waals surface area contributed by atoms with Gasteiger partial charge in [0.05, 0.1) is 19.8 Å². The fourth-order valence-electron chi connectivity index (χ4n) is 3.15. The lowest BCUT2D eigenvalue weighted by molar-refractivity contribution is -0.125. The van der Waals surface area contributed by atoms with Crippen LogP contribution < -0.4 is 20.5 Å². The van der Waals surface area contributed by atoms with Crippen molar-refractivity contribution in [1.29, 1.82) is 0 Å². The summed E-state index contributed by atoms with van der Waals surface area (Å²) in [6.45, 7) is 7.00. The van der Waals surface area contributed by atoms with Gasteiger partial charge in [-0.3, -0.25) is 4.79 Å². The minimum absolute atomic E-state index is 0. The van der Waals surface area contributed by atoms with Crippen LogP contribution in [0.25, 0.3) is 0 Å². The van der Waals surface area contributed by atoms with Gasteiger partial charge in [0, 0.05) is 12.0 Å². The van der Waals surface area contributed by atoms with Crippen LogP contribution in [0.1, 0.15) is 58.1 Å². The van der Waals surface area contributed by atoms with Crippen molar-refractivity contribution >= 4 is 18.3 Å². The molecule has 0 saturated heterocycles. The van der Waals surface area contributed by atoms with Crippen molar-refractivity contribution in [1.82, 2.24) is 5.32 Å². The Morgan fingerprint density at radius 1 is 1.27 bits per heavy atom. The summed E-state index contributed by atoms with van der Waals surface area (Å²) >= 11 is 0. The zero-order valence-electron chi connectivity index (χ0n) is 16.3. The van der Waals surface area contributed by atoms with Gasteiger partial charge in [-0.05, 0) is 56.2 Å². The lowest BCUT2D eigenvalue weighted by atomic mass is 10.0. The minimum Gasteiger partial charge on any atom is -0.493 e. The molecule has 148 valence electrons. The number of hydrogen-bond donors (Lipinski definition) is 2. The van der Waals surface area contributed by atoms with Crippen LogP contribution in [0, 0.1) is 11.8 Å². The van der Waals surface area contributed by atoms with Crippen molar-refractivity contribution in [2.45, 2.75) is 58.5 Å². The number of ether oxygens (including phenoxy) is 2. The number of methoxy groups -OCH3 is 1. The average Bonchev–Trinajstić information content (AvgIpc) is 3.01. The van der Waals surface area contributed by atoms with Gasteiger partial charge < -0.3 is 20.5 Å². The summed E-state index contributed by atoms with van der Waals surface area (Å²) in [5.41, 5.74) is 6.91. The summed E-state index contributed by atoms with van der Waals surface area (Å²) in [7, 11) is 1.64. The second-order valence-electron chi connectivity index (χ2n) is 7.44. The number of carbonyl (C=O) groups is 1. The van der Waals surface area contributed by atoms with E-state index in [-0.39, 0.29) is 36.3 Å². The van der Waals surface area contributed by atoms with Crippen LogP contribution in [0.2, 0.25) is 0 Å². The van der Waals surface area contributed by atoms with Crippen molar-refractivity contribution < 1.29 is 14.3 Å². The Bertz CT molecular complexity index is 580. The topological polar surface area (TPSA) is 73.6 Å². The number of nitrogens with two attached hydrogens (primary N) is 1. The third-order valence-corrected chi connectivity index (χ3v) is 4.84. The van der Waals surface area contributed by atoms with Gasteiger partial charge in [0.15, 0.2) is 11.5 Å². The van der Waals surface area contributed by atoms with Crippen LogP contribution >= 0.6 is 12.4 Å². The Hall–Kier alpha value is -1.46. The van der Waals surface area contributed by atoms with E-state index in [1.54, 1.807) is 7.11 Å². The summed E-state index contributed by atoms with van der Waals surface area (Å²) in [6.07, 6.45) is 3.60. The number of carbonyl (C=O) groups excluding carboxylic acids is 1. The van der Waals surface area contributed by atoms with E-state index in [1.165, 1.54) is 0 Å². The molecule has 26 heavy (non-hydrogen) atoms. The summed E-state index contributed by atoms with van der Waals surface area (Å²) < 4.78 is 11.3. The van der Waals surface area contributed by atoms with E-state index in [0.717, 1.165) is 37.0 Å². The second kappa shape index (κ2) is 10.6. The highest BCUT2D eigenvalue weighted by Crippen LogP contribution is 2.31. The number of benzene rings is 1. The molecule has 0 heterocycles. The number of amides is 1. The van der Waals surface area contributed by atoms with Crippen LogP contribution in [-0.2, 0) is 4.79 Å². The molecule has 1 aliphatic carbocycles. The molecule has 0 spiro atoms. The molecule has 0 aromatic heterocycles. The second-order valence-corrected chi connectivity index (χ2v) is 7.44. The molecule has 0 radical (unpaired) electrons. The van der Waals surface area contributed by atoms with Gasteiger partial charge >= 0.3 is 0 Å². The fourth-order valence-corrected chi connectivity index (χ4v) is 3.15. The molecule has 1 aromatic carbocycles. The van der Waals surface area contributed by atoms with E-state index in [0.29, 0.717) is 18.3 Å². The van der Waals surface area contributed by atoms with Gasteiger partial charge in [0.25, 0.3) is 0 Å². The molecule has 3 unspecified atom stereocenters. The Morgan fingerprint density at radius 2 is 2.00 bits per heavy atom. The van der Waals surface area contributed by atoms with Crippen LogP contribution in [-0.4, -0.2) is 25.7 Å². The summed E-state index contributed by atoms with van der Waals surface area (Å²) in [5.74, 6) is 2.18. The maximum atomic E-state index is 12.4. The van der Waals surface area contributed by atoms with Gasteiger partial charge in [-0.15, -0.1) is 12.4 Å². The quantitative estimate of drug-likeness (QED) is 0.714. The monoisotopic (exact) mass is 384 g/mol. The largest absolute Gasteiger partial charge is 0.493 e. The predicted molar refractivity (Wildman–Crippen MR) is 107 cm³/mol. The molecule has 2 rings (SSSR count). The number of rotatable bonds is 8. The first-order valence-electron chi connectivity index (χ1n) is 9.27. The lowest BCUT2D eigenvalue weighted by Gasteiger charge is -2.19. The van der Waals surface area contributed by atoms with Gasteiger partial charge in [-0.2, -0.15) is 0 Å². The van der Waals surface area contributed by atoms with E-state index in [1.807, 2.05) is 25.1 Å². The van der Waals surface area contributed by atoms with Crippen LogP contribution in [0.5, 0.6) is 11.5 Å². The van der Waals surface area contributed by atoms with Crippen molar-refractivity contribution in [3.63, 3.8) is 0 Å². The fraction of sp³-hybridized carbons (Fsp3) is 0.650. The average molecular weight is 385 g/mol. The summed E-state index contributed by atoms with van der Waals surface area (Å²) in [6, 6.07) is 5.92. The Kier molecular flexibility index (Phi) is 9.23. The number of nitrogens with one attached hydrogen (secondary N) is 1. The van der Waals surface area contributed by atoms with Gasteiger partial charge in [0.1, 0.15) is 0 Å². The number of halogens is 1. The first kappa shape index (κ1) is 22.6. The molecule has 1 aromatic rings.